The highest BCUT2D eigenvalue weighted by Crippen LogP contribution is 2.22. The molecule has 0 saturated heterocycles. The summed E-state index contributed by atoms with van der Waals surface area (Å²) in [4.78, 5) is 36.3. The second-order valence-corrected chi connectivity index (χ2v) is 7.79. The fourth-order valence-electron chi connectivity index (χ4n) is 2.69. The summed E-state index contributed by atoms with van der Waals surface area (Å²) in [6.07, 6.45) is 0.540. The molecule has 0 fully saturated rings. The van der Waals surface area contributed by atoms with Gasteiger partial charge in [0.1, 0.15) is 6.54 Å². The highest BCUT2D eigenvalue weighted by Gasteiger charge is 2.35. The Morgan fingerprint density at radius 1 is 1.16 bits per heavy atom. The number of aliphatic carboxylic acids is 1. The second-order valence-electron chi connectivity index (χ2n) is 5.70. The molecule has 0 aliphatic carbocycles. The van der Waals surface area contributed by atoms with Gasteiger partial charge in [0.05, 0.1) is 16.9 Å². The van der Waals surface area contributed by atoms with E-state index in [1.807, 2.05) is 0 Å². The zero-order chi connectivity index (χ0) is 18.6. The van der Waals surface area contributed by atoms with Gasteiger partial charge in [-0.05, 0) is 25.0 Å². The Morgan fingerprint density at radius 2 is 1.72 bits per heavy atom. The van der Waals surface area contributed by atoms with Gasteiger partial charge in [0.15, 0.2) is 0 Å². The zero-order valence-corrected chi connectivity index (χ0v) is 14.7. The summed E-state index contributed by atoms with van der Waals surface area (Å²) in [7, 11) is -3.77. The van der Waals surface area contributed by atoms with E-state index < -0.39 is 34.4 Å². The van der Waals surface area contributed by atoms with Gasteiger partial charge in [-0.3, -0.25) is 19.3 Å². The summed E-state index contributed by atoms with van der Waals surface area (Å²) in [6, 6.07) is 6.43. The van der Waals surface area contributed by atoms with Crippen LogP contribution in [0.5, 0.6) is 0 Å². The predicted octanol–water partition coefficient (Wildman–Crippen LogP) is 0.799. The van der Waals surface area contributed by atoms with Crippen molar-refractivity contribution < 1.29 is 27.9 Å². The summed E-state index contributed by atoms with van der Waals surface area (Å²) in [5.74, 6) is -2.42. The lowest BCUT2D eigenvalue weighted by molar-refractivity contribution is -0.137. The summed E-state index contributed by atoms with van der Waals surface area (Å²) < 4.78 is 25.5. The minimum absolute atomic E-state index is 0.0292. The first-order chi connectivity index (χ1) is 11.8. The van der Waals surface area contributed by atoms with Crippen molar-refractivity contribution in [1.29, 1.82) is 0 Å². The summed E-state index contributed by atoms with van der Waals surface area (Å²) in [6.45, 7) is 1.24. The molecule has 0 aromatic heterocycles. The zero-order valence-electron chi connectivity index (χ0n) is 13.8. The van der Waals surface area contributed by atoms with Crippen LogP contribution in [0.1, 0.15) is 40.5 Å². The monoisotopic (exact) mass is 368 g/mol. The van der Waals surface area contributed by atoms with Crippen molar-refractivity contribution in [2.75, 3.05) is 25.4 Å². The Hall–Kier alpha value is -2.26. The SMILES string of the molecule is CCCN(CC(=O)O)S(=O)(=O)CCCN1C(=O)c2ccccc2C1=O. The van der Waals surface area contributed by atoms with Gasteiger partial charge in [-0.2, -0.15) is 4.31 Å². The molecular formula is C16H20N2O6S. The lowest BCUT2D eigenvalue weighted by atomic mass is 10.1. The number of hydrogen-bond donors (Lipinski definition) is 1. The van der Waals surface area contributed by atoms with Gasteiger partial charge >= 0.3 is 5.97 Å². The Balaban J connectivity index is 1.99. The van der Waals surface area contributed by atoms with Crippen LogP contribution < -0.4 is 0 Å². The number of imide groups is 1. The molecule has 8 nitrogen and oxygen atoms in total. The third kappa shape index (κ3) is 4.23. The highest BCUT2D eigenvalue weighted by atomic mass is 32.2. The number of sulfonamides is 1. The molecule has 2 amide bonds. The molecule has 0 saturated carbocycles. The number of nitrogens with zero attached hydrogens (tertiary/aromatic N) is 2. The maximum Gasteiger partial charge on any atom is 0.318 e. The molecule has 136 valence electrons. The smallest absolute Gasteiger partial charge is 0.318 e. The first-order valence-corrected chi connectivity index (χ1v) is 9.53. The van der Waals surface area contributed by atoms with Crippen LogP contribution in [0.4, 0.5) is 0 Å². The van der Waals surface area contributed by atoms with Crippen molar-refractivity contribution in [2.24, 2.45) is 0 Å². The van der Waals surface area contributed by atoms with Crippen LogP contribution >= 0.6 is 0 Å². The third-order valence-electron chi connectivity index (χ3n) is 3.84. The third-order valence-corrected chi connectivity index (χ3v) is 5.74. The average molecular weight is 368 g/mol. The minimum Gasteiger partial charge on any atom is -0.480 e. The van der Waals surface area contributed by atoms with Crippen molar-refractivity contribution in [3.05, 3.63) is 35.4 Å². The van der Waals surface area contributed by atoms with Gasteiger partial charge in [-0.1, -0.05) is 19.1 Å². The number of amides is 2. The van der Waals surface area contributed by atoms with E-state index in [1.165, 1.54) is 0 Å². The van der Waals surface area contributed by atoms with E-state index in [2.05, 4.69) is 0 Å². The van der Waals surface area contributed by atoms with Crippen molar-refractivity contribution in [3.63, 3.8) is 0 Å². The van der Waals surface area contributed by atoms with Crippen LogP contribution in [0.2, 0.25) is 0 Å². The molecule has 25 heavy (non-hydrogen) atoms. The minimum atomic E-state index is -3.77. The molecule has 1 aromatic carbocycles. The Labute approximate surface area is 146 Å². The molecule has 1 N–H and O–H groups in total. The molecule has 1 aromatic rings. The normalized spacial score (nSPS) is 14.2. The molecule has 1 heterocycles. The number of benzene rings is 1. The van der Waals surface area contributed by atoms with E-state index in [0.29, 0.717) is 17.5 Å². The van der Waals surface area contributed by atoms with Crippen molar-refractivity contribution in [1.82, 2.24) is 9.21 Å². The first kappa shape index (κ1) is 19.1. The van der Waals surface area contributed by atoms with Crippen molar-refractivity contribution in [3.8, 4) is 0 Å². The van der Waals surface area contributed by atoms with E-state index in [0.717, 1.165) is 9.21 Å². The number of fused-ring (bicyclic) bond motifs is 1. The van der Waals surface area contributed by atoms with E-state index in [4.69, 9.17) is 5.11 Å². The molecule has 0 radical (unpaired) electrons. The number of carboxylic acid groups (broad SMARTS) is 1. The largest absolute Gasteiger partial charge is 0.480 e. The lowest BCUT2D eigenvalue weighted by Gasteiger charge is -2.20. The molecule has 9 heteroatoms. The van der Waals surface area contributed by atoms with Gasteiger partial charge in [-0.15, -0.1) is 0 Å². The quantitative estimate of drug-likeness (QED) is 0.645. The standard InChI is InChI=1S/C16H20N2O6S/c1-2-8-17(11-14(19)20)25(23,24)10-5-9-18-15(21)12-6-3-4-7-13(12)16(18)22/h3-4,6-7H,2,5,8-11H2,1H3,(H,19,20). The molecule has 1 aliphatic heterocycles. The molecule has 0 bridgehead atoms. The van der Waals surface area contributed by atoms with Crippen LogP contribution in [0.15, 0.2) is 24.3 Å². The number of rotatable bonds is 9. The second kappa shape index (κ2) is 7.75. The maximum atomic E-state index is 12.3. The van der Waals surface area contributed by atoms with Gasteiger partial charge in [0.2, 0.25) is 10.0 Å². The fraction of sp³-hybridized carbons (Fsp3) is 0.438. The van der Waals surface area contributed by atoms with E-state index in [9.17, 15) is 22.8 Å². The Morgan fingerprint density at radius 3 is 2.20 bits per heavy atom. The van der Waals surface area contributed by atoms with Crippen LogP contribution in [-0.2, 0) is 14.8 Å². The highest BCUT2D eigenvalue weighted by molar-refractivity contribution is 7.89. The van der Waals surface area contributed by atoms with Crippen LogP contribution in [0.3, 0.4) is 0 Å². The first-order valence-electron chi connectivity index (χ1n) is 7.92. The molecule has 0 unspecified atom stereocenters. The Bertz CT molecular complexity index is 755. The molecule has 0 atom stereocenters. The van der Waals surface area contributed by atoms with Gasteiger partial charge in [0.25, 0.3) is 11.8 Å². The van der Waals surface area contributed by atoms with Gasteiger partial charge < -0.3 is 5.11 Å². The molecule has 2 rings (SSSR count). The number of carboxylic acids is 1. The summed E-state index contributed by atoms with van der Waals surface area (Å²) in [5.41, 5.74) is 0.627. The average Bonchev–Trinajstić information content (AvgIpc) is 2.79. The van der Waals surface area contributed by atoms with Gasteiger partial charge in [0, 0.05) is 13.1 Å². The van der Waals surface area contributed by atoms with Crippen LogP contribution in [0, 0.1) is 0 Å². The van der Waals surface area contributed by atoms with Gasteiger partial charge in [-0.25, -0.2) is 8.42 Å². The van der Waals surface area contributed by atoms with E-state index >= 15 is 0 Å². The molecular weight excluding hydrogens is 348 g/mol. The number of hydrogen-bond acceptors (Lipinski definition) is 5. The topological polar surface area (TPSA) is 112 Å². The molecule has 1 aliphatic rings. The number of carbonyl (C=O) groups excluding carboxylic acids is 2. The summed E-state index contributed by atoms with van der Waals surface area (Å²) >= 11 is 0. The Kier molecular flexibility index (Phi) is 5.91. The van der Waals surface area contributed by atoms with Crippen LogP contribution in [-0.4, -0.2) is 65.9 Å². The van der Waals surface area contributed by atoms with Crippen LogP contribution in [0.25, 0.3) is 0 Å². The maximum absolute atomic E-state index is 12.3. The molecule has 0 spiro atoms. The van der Waals surface area contributed by atoms with E-state index in [-0.39, 0.29) is 25.3 Å². The van der Waals surface area contributed by atoms with Crippen molar-refractivity contribution >= 4 is 27.8 Å². The van der Waals surface area contributed by atoms with E-state index in [1.54, 1.807) is 31.2 Å². The fourth-order valence-corrected chi connectivity index (χ4v) is 4.21. The number of carbonyl (C=O) groups is 3. The summed E-state index contributed by atoms with van der Waals surface area (Å²) in [5, 5.41) is 8.84. The van der Waals surface area contributed by atoms with Crippen molar-refractivity contribution in [2.45, 2.75) is 19.8 Å². The lowest BCUT2D eigenvalue weighted by Crippen LogP contribution is -2.39. The predicted molar refractivity (Wildman–Crippen MR) is 89.7 cm³/mol.